The van der Waals surface area contributed by atoms with Gasteiger partial charge in [0, 0.05) is 12.1 Å². The molecule has 1 aromatic heterocycles. The number of non-ortho nitro benzene ring substituents is 1. The zero-order chi connectivity index (χ0) is 14.7. The third kappa shape index (κ3) is 3.07. The Morgan fingerprint density at radius 1 is 1.35 bits per heavy atom. The molecule has 20 heavy (non-hydrogen) atoms. The molecule has 0 saturated heterocycles. The van der Waals surface area contributed by atoms with Crippen LogP contribution >= 0.6 is 11.6 Å². The molecular weight excluding hydrogens is 289 g/mol. The van der Waals surface area contributed by atoms with Crippen LogP contribution in [0.4, 0.5) is 15.8 Å². The van der Waals surface area contributed by atoms with Crippen LogP contribution in [-0.2, 0) is 0 Å². The number of nitrogens with zero attached hydrogens (tertiary/aromatic N) is 2. The first kappa shape index (κ1) is 13.9. The maximum atomic E-state index is 12.9. The summed E-state index contributed by atoms with van der Waals surface area (Å²) in [5, 5.41) is 13.0. The predicted octanol–water partition coefficient (Wildman–Crippen LogP) is 3.03. The lowest BCUT2D eigenvalue weighted by Gasteiger charge is -2.06. The van der Waals surface area contributed by atoms with Crippen LogP contribution in [0, 0.1) is 16.1 Å². The zero-order valence-corrected chi connectivity index (χ0v) is 10.6. The van der Waals surface area contributed by atoms with Gasteiger partial charge in [-0.15, -0.1) is 0 Å². The van der Waals surface area contributed by atoms with Crippen molar-refractivity contribution in [1.82, 2.24) is 4.98 Å². The second kappa shape index (κ2) is 5.62. The average molecular weight is 296 g/mol. The molecule has 2 aromatic rings. The summed E-state index contributed by atoms with van der Waals surface area (Å²) in [5.74, 6) is -1.45. The van der Waals surface area contributed by atoms with E-state index in [2.05, 4.69) is 10.3 Å². The van der Waals surface area contributed by atoms with E-state index in [4.69, 9.17) is 11.6 Å². The minimum Gasteiger partial charge on any atom is -0.319 e. The average Bonchev–Trinajstić information content (AvgIpc) is 2.40. The Kier molecular flexibility index (Phi) is 3.90. The highest BCUT2D eigenvalue weighted by Crippen LogP contribution is 2.26. The fourth-order valence-corrected chi connectivity index (χ4v) is 1.66. The fourth-order valence-electron chi connectivity index (χ4n) is 1.44. The van der Waals surface area contributed by atoms with Crippen molar-refractivity contribution in [3.05, 3.63) is 63.2 Å². The molecule has 0 aliphatic heterocycles. The van der Waals surface area contributed by atoms with Crippen LogP contribution in [0.15, 0.2) is 36.4 Å². The quantitative estimate of drug-likeness (QED) is 0.536. The third-order valence-corrected chi connectivity index (χ3v) is 2.67. The van der Waals surface area contributed by atoms with Crippen LogP contribution < -0.4 is 5.32 Å². The molecule has 1 amide bonds. The maximum Gasteiger partial charge on any atom is 0.274 e. The first-order chi connectivity index (χ1) is 9.47. The second-order valence-electron chi connectivity index (χ2n) is 3.72. The van der Waals surface area contributed by atoms with Gasteiger partial charge >= 0.3 is 0 Å². The summed E-state index contributed by atoms with van der Waals surface area (Å²) in [6.45, 7) is 0. The van der Waals surface area contributed by atoms with Crippen molar-refractivity contribution < 1.29 is 14.1 Å². The number of rotatable bonds is 3. The molecule has 6 nitrogen and oxygen atoms in total. The predicted molar refractivity (Wildman–Crippen MR) is 70.3 cm³/mol. The van der Waals surface area contributed by atoms with Gasteiger partial charge in [0.25, 0.3) is 11.6 Å². The summed E-state index contributed by atoms with van der Waals surface area (Å²) in [6, 6.07) is 7.37. The van der Waals surface area contributed by atoms with Gasteiger partial charge in [-0.05, 0) is 18.2 Å². The number of carbonyl (C=O) groups excluding carboxylic acids is 1. The number of halogens is 2. The summed E-state index contributed by atoms with van der Waals surface area (Å²) in [6.07, 6.45) is 0. The number of anilines is 1. The molecule has 102 valence electrons. The van der Waals surface area contributed by atoms with E-state index in [-0.39, 0.29) is 22.1 Å². The number of aromatic nitrogens is 1. The number of nitro benzene ring substituents is 1. The molecule has 1 aromatic carbocycles. The molecule has 0 spiro atoms. The van der Waals surface area contributed by atoms with Crippen LogP contribution in [0.3, 0.4) is 0 Å². The number of carbonyl (C=O) groups is 1. The smallest absolute Gasteiger partial charge is 0.274 e. The molecule has 0 unspecified atom stereocenters. The minimum absolute atomic E-state index is 0.00366. The minimum atomic E-state index is -0.785. The van der Waals surface area contributed by atoms with Gasteiger partial charge in [0.2, 0.25) is 5.95 Å². The van der Waals surface area contributed by atoms with Crippen molar-refractivity contribution >= 4 is 28.9 Å². The summed E-state index contributed by atoms with van der Waals surface area (Å²) in [4.78, 5) is 25.2. The van der Waals surface area contributed by atoms with Gasteiger partial charge in [0.05, 0.1) is 15.6 Å². The number of hydrogen-bond donors (Lipinski definition) is 1. The first-order valence-corrected chi connectivity index (χ1v) is 5.73. The molecule has 0 saturated carbocycles. The molecule has 0 radical (unpaired) electrons. The van der Waals surface area contributed by atoms with E-state index >= 15 is 0 Å². The molecule has 8 heteroatoms. The normalized spacial score (nSPS) is 10.1. The van der Waals surface area contributed by atoms with Crippen LogP contribution in [0.2, 0.25) is 5.02 Å². The number of benzene rings is 1. The van der Waals surface area contributed by atoms with Gasteiger partial charge in [-0.2, -0.15) is 4.39 Å². The molecule has 0 aliphatic rings. The largest absolute Gasteiger partial charge is 0.319 e. The van der Waals surface area contributed by atoms with Crippen molar-refractivity contribution in [3.8, 4) is 0 Å². The Bertz CT molecular complexity index is 693. The van der Waals surface area contributed by atoms with E-state index in [1.54, 1.807) is 0 Å². The van der Waals surface area contributed by atoms with Crippen LogP contribution in [0.25, 0.3) is 0 Å². The van der Waals surface area contributed by atoms with Crippen molar-refractivity contribution in [2.45, 2.75) is 0 Å². The number of amides is 1. The highest BCUT2D eigenvalue weighted by atomic mass is 35.5. The first-order valence-electron chi connectivity index (χ1n) is 5.35. The lowest BCUT2D eigenvalue weighted by molar-refractivity contribution is -0.384. The highest BCUT2D eigenvalue weighted by molar-refractivity contribution is 6.34. The molecule has 1 heterocycles. The van der Waals surface area contributed by atoms with Gasteiger partial charge in [0.1, 0.15) is 5.69 Å². The molecule has 0 bridgehead atoms. The molecule has 0 aliphatic carbocycles. The van der Waals surface area contributed by atoms with E-state index in [0.717, 1.165) is 12.1 Å². The fraction of sp³-hybridized carbons (Fsp3) is 0. The van der Waals surface area contributed by atoms with E-state index in [9.17, 15) is 19.3 Å². The molecule has 2 rings (SSSR count). The van der Waals surface area contributed by atoms with E-state index in [1.165, 1.54) is 24.3 Å². The number of pyridine rings is 1. The Balaban J connectivity index is 2.22. The maximum absolute atomic E-state index is 12.9. The Labute approximate surface area is 117 Å². The molecular formula is C12H7ClFN3O3. The van der Waals surface area contributed by atoms with Gasteiger partial charge in [-0.25, -0.2) is 4.98 Å². The van der Waals surface area contributed by atoms with E-state index in [1.807, 2.05) is 0 Å². The van der Waals surface area contributed by atoms with Gasteiger partial charge in [-0.1, -0.05) is 17.7 Å². The number of hydrogen-bond acceptors (Lipinski definition) is 4. The topological polar surface area (TPSA) is 85.1 Å². The summed E-state index contributed by atoms with van der Waals surface area (Å²) >= 11 is 5.82. The van der Waals surface area contributed by atoms with Gasteiger partial charge in [-0.3, -0.25) is 14.9 Å². The van der Waals surface area contributed by atoms with Crippen molar-refractivity contribution in [2.24, 2.45) is 0 Å². The molecule has 1 N–H and O–H groups in total. The Morgan fingerprint density at radius 2 is 2.10 bits per heavy atom. The summed E-state index contributed by atoms with van der Waals surface area (Å²) < 4.78 is 12.9. The lowest BCUT2D eigenvalue weighted by atomic mass is 10.2. The Hall–Kier alpha value is -2.54. The lowest BCUT2D eigenvalue weighted by Crippen LogP contribution is -2.14. The monoisotopic (exact) mass is 295 g/mol. The number of nitrogens with one attached hydrogen (secondary N) is 1. The SMILES string of the molecule is O=C(Nc1ccc([N+](=O)[O-])cc1Cl)c1cccc(F)n1. The van der Waals surface area contributed by atoms with Gasteiger partial charge in [0.15, 0.2) is 0 Å². The van der Waals surface area contributed by atoms with Crippen LogP contribution in [0.5, 0.6) is 0 Å². The number of nitro groups is 1. The van der Waals surface area contributed by atoms with Crippen LogP contribution in [-0.4, -0.2) is 15.8 Å². The second-order valence-corrected chi connectivity index (χ2v) is 4.13. The van der Waals surface area contributed by atoms with Gasteiger partial charge < -0.3 is 5.32 Å². The zero-order valence-electron chi connectivity index (χ0n) is 9.84. The summed E-state index contributed by atoms with van der Waals surface area (Å²) in [5.41, 5.74) is -0.148. The molecule has 0 fully saturated rings. The van der Waals surface area contributed by atoms with E-state index in [0.29, 0.717) is 0 Å². The highest BCUT2D eigenvalue weighted by Gasteiger charge is 2.13. The van der Waals surface area contributed by atoms with Crippen molar-refractivity contribution in [1.29, 1.82) is 0 Å². The third-order valence-electron chi connectivity index (χ3n) is 2.36. The van der Waals surface area contributed by atoms with Crippen molar-refractivity contribution in [3.63, 3.8) is 0 Å². The van der Waals surface area contributed by atoms with Crippen LogP contribution in [0.1, 0.15) is 10.5 Å². The standard InChI is InChI=1S/C12H7ClFN3O3/c13-8-6-7(17(19)20)4-5-9(8)16-12(18)10-2-1-3-11(14)15-10/h1-6H,(H,16,18). The Morgan fingerprint density at radius 3 is 2.70 bits per heavy atom. The molecule has 0 atom stereocenters. The van der Waals surface area contributed by atoms with E-state index < -0.39 is 16.8 Å². The van der Waals surface area contributed by atoms with Crippen molar-refractivity contribution in [2.75, 3.05) is 5.32 Å². The summed E-state index contributed by atoms with van der Waals surface area (Å²) in [7, 11) is 0.